The quantitative estimate of drug-likeness (QED) is 0.0929. The number of allylic oxidation sites excluding steroid dienone is 6. The summed E-state index contributed by atoms with van der Waals surface area (Å²) < 4.78 is 5.78. The SMILES string of the molecule is C/C=C/C(=C\C(C)=C(/Cc1ccc(C(C)(C)C)cc1)B(c1cc(C(C)(C)C)ccc1C)c1cc(C(C)(C)C)ccc1C)Cc1ccc(C(C)C)cc1.Cc1ccc(C(C)(C)C)cc1-c1ccc(C(C)(C)C)cc1.Cc1cccc2c1oc1ccccc12. The van der Waals surface area contributed by atoms with Crippen molar-refractivity contribution in [1.82, 2.24) is 0 Å². The van der Waals surface area contributed by atoms with Gasteiger partial charge in [0.2, 0.25) is 6.71 Å². The van der Waals surface area contributed by atoms with Crippen molar-refractivity contribution in [3.05, 3.63) is 271 Å². The van der Waals surface area contributed by atoms with E-state index >= 15 is 0 Å². The highest BCUT2D eigenvalue weighted by Gasteiger charge is 2.31. The van der Waals surface area contributed by atoms with Crippen LogP contribution >= 0.6 is 0 Å². The van der Waals surface area contributed by atoms with Crippen LogP contribution in [0.15, 0.2) is 209 Å². The molecule has 0 fully saturated rings. The fourth-order valence-electron chi connectivity index (χ4n) is 11.6. The Hall–Kier alpha value is -7.16. The summed E-state index contributed by atoms with van der Waals surface area (Å²) in [6.07, 6.45) is 8.75. The van der Waals surface area contributed by atoms with E-state index in [2.05, 4.69) is 329 Å². The lowest BCUT2D eigenvalue weighted by Crippen LogP contribution is -2.48. The molecule has 0 aliphatic rings. The molecule has 0 radical (unpaired) electrons. The minimum atomic E-state index is 0.0428. The molecule has 0 aliphatic carbocycles. The van der Waals surface area contributed by atoms with E-state index < -0.39 is 0 Å². The van der Waals surface area contributed by atoms with E-state index in [0.717, 1.165) is 24.0 Å². The van der Waals surface area contributed by atoms with Crippen LogP contribution in [-0.2, 0) is 39.9 Å². The summed E-state index contributed by atoms with van der Waals surface area (Å²) in [5.41, 5.74) is 28.4. The summed E-state index contributed by atoms with van der Waals surface area (Å²) in [5.74, 6) is 0.530. The summed E-state index contributed by atoms with van der Waals surface area (Å²) in [5, 5.41) is 2.41. The van der Waals surface area contributed by atoms with Gasteiger partial charge in [0.15, 0.2) is 0 Å². The Bertz CT molecular complexity index is 3800. The van der Waals surface area contributed by atoms with Crippen molar-refractivity contribution < 1.29 is 4.42 Å². The maximum Gasteiger partial charge on any atom is 0.238 e. The number of para-hydroxylation sites is 2. The number of benzene rings is 8. The summed E-state index contributed by atoms with van der Waals surface area (Å²) in [6.45, 7) is 52.5. The monoisotopic (exact) mass is 1150 g/mol. The minimum absolute atomic E-state index is 0.0428. The van der Waals surface area contributed by atoms with Crippen molar-refractivity contribution >= 4 is 39.6 Å². The number of furan rings is 1. The van der Waals surface area contributed by atoms with Crippen molar-refractivity contribution in [2.24, 2.45) is 0 Å². The summed E-state index contributed by atoms with van der Waals surface area (Å²) in [4.78, 5) is 0. The molecule has 0 aliphatic heterocycles. The molecule has 0 atom stereocenters. The van der Waals surface area contributed by atoms with Crippen molar-refractivity contribution in [1.29, 1.82) is 0 Å². The van der Waals surface area contributed by atoms with Crippen LogP contribution in [0.25, 0.3) is 33.1 Å². The van der Waals surface area contributed by atoms with Crippen LogP contribution in [0.2, 0.25) is 0 Å². The Morgan fingerprint density at radius 3 is 1.38 bits per heavy atom. The predicted octanol–water partition coefficient (Wildman–Crippen LogP) is 22.9. The van der Waals surface area contributed by atoms with Crippen LogP contribution in [0.5, 0.6) is 0 Å². The molecule has 1 aromatic heterocycles. The lowest BCUT2D eigenvalue weighted by atomic mass is 9.33. The van der Waals surface area contributed by atoms with Crippen LogP contribution in [0.3, 0.4) is 0 Å². The van der Waals surface area contributed by atoms with E-state index in [4.69, 9.17) is 4.42 Å². The molecule has 87 heavy (non-hydrogen) atoms. The van der Waals surface area contributed by atoms with Gasteiger partial charge in [-0.25, -0.2) is 0 Å². The van der Waals surface area contributed by atoms with Gasteiger partial charge in [0.1, 0.15) is 11.2 Å². The molecule has 9 rings (SSSR count). The van der Waals surface area contributed by atoms with Gasteiger partial charge < -0.3 is 4.42 Å². The lowest BCUT2D eigenvalue weighted by molar-refractivity contribution is 0.589. The highest BCUT2D eigenvalue weighted by molar-refractivity contribution is 6.91. The number of hydrogen-bond acceptors (Lipinski definition) is 1. The second-order valence-electron chi connectivity index (χ2n) is 30.4. The molecule has 2 heteroatoms. The van der Waals surface area contributed by atoms with Crippen molar-refractivity contribution in [2.75, 3.05) is 0 Å². The second kappa shape index (κ2) is 27.5. The van der Waals surface area contributed by atoms with Crippen LogP contribution in [0.1, 0.15) is 204 Å². The Kier molecular flexibility index (Phi) is 21.3. The van der Waals surface area contributed by atoms with Crippen LogP contribution < -0.4 is 10.9 Å². The highest BCUT2D eigenvalue weighted by Crippen LogP contribution is 2.34. The third-order valence-electron chi connectivity index (χ3n) is 17.6. The molecule has 0 saturated carbocycles. The Morgan fingerprint density at radius 1 is 0.448 bits per heavy atom. The van der Waals surface area contributed by atoms with Gasteiger partial charge in [-0.05, 0) is 166 Å². The van der Waals surface area contributed by atoms with Gasteiger partial charge in [-0.3, -0.25) is 0 Å². The molecule has 0 saturated heterocycles. The molecule has 9 aromatic rings. The highest BCUT2D eigenvalue weighted by atomic mass is 16.3. The number of aryl methyl sites for hydroxylation is 4. The maximum atomic E-state index is 5.78. The summed E-state index contributed by atoms with van der Waals surface area (Å²) in [6, 6.07) is 63.4. The van der Waals surface area contributed by atoms with Gasteiger partial charge in [-0.15, -0.1) is 0 Å². The van der Waals surface area contributed by atoms with Gasteiger partial charge in [0, 0.05) is 10.8 Å². The van der Waals surface area contributed by atoms with E-state index in [9.17, 15) is 0 Å². The average Bonchev–Trinajstić information content (AvgIpc) is 1.75. The average molecular weight is 1150 g/mol. The molecule has 1 heterocycles. The van der Waals surface area contributed by atoms with Gasteiger partial charge in [-0.2, -0.15) is 0 Å². The van der Waals surface area contributed by atoms with Gasteiger partial charge in [0.25, 0.3) is 0 Å². The smallest absolute Gasteiger partial charge is 0.238 e. The zero-order chi connectivity index (χ0) is 64.0. The van der Waals surface area contributed by atoms with Crippen LogP contribution in [0.4, 0.5) is 0 Å². The van der Waals surface area contributed by atoms with Gasteiger partial charge in [-0.1, -0.05) is 333 Å². The molecule has 0 bridgehead atoms. The summed E-state index contributed by atoms with van der Waals surface area (Å²) >= 11 is 0. The minimum Gasteiger partial charge on any atom is -0.456 e. The fraction of sp³-hybridized carbons (Fsp3) is 0.365. The molecule has 0 unspecified atom stereocenters. The van der Waals surface area contributed by atoms with Gasteiger partial charge >= 0.3 is 0 Å². The molecule has 1 nitrogen and oxygen atoms in total. The van der Waals surface area contributed by atoms with E-state index in [1.54, 1.807) is 0 Å². The molecule has 0 amide bonds. The van der Waals surface area contributed by atoms with Crippen molar-refractivity contribution in [3.8, 4) is 11.1 Å². The van der Waals surface area contributed by atoms with E-state index in [-0.39, 0.29) is 33.8 Å². The first-order valence-electron chi connectivity index (χ1n) is 32.2. The Balaban J connectivity index is 0.000000247. The molecular weight excluding hydrogens is 1050 g/mol. The molecule has 0 N–H and O–H groups in total. The van der Waals surface area contributed by atoms with Crippen molar-refractivity contribution in [2.45, 2.75) is 205 Å². The van der Waals surface area contributed by atoms with E-state index in [1.807, 2.05) is 18.2 Å². The molecule has 0 spiro atoms. The normalized spacial score (nSPS) is 12.9. The zero-order valence-electron chi connectivity index (χ0n) is 57.9. The molecular formula is C85H105BO. The Labute approximate surface area is 528 Å². The van der Waals surface area contributed by atoms with E-state index in [1.165, 1.54) is 116 Å². The van der Waals surface area contributed by atoms with Crippen LogP contribution in [-0.4, -0.2) is 6.71 Å². The molecule has 454 valence electrons. The third-order valence-corrected chi connectivity index (χ3v) is 17.6. The van der Waals surface area contributed by atoms with E-state index in [0.29, 0.717) is 5.92 Å². The number of hydrogen-bond donors (Lipinski definition) is 0. The standard InChI is InChI=1S/C51H67B.C21H28.C13H10O/c1-16-17-41(31-39-20-24-42(25-21-39)35(2)3)30-38(6)46(32-40-22-28-43(29-23-40)49(7,8)9)52(47-33-44(50(10,11)12)26-18-36(47)4)48-34-45(51(13,14)15)27-19-37(48)5;1-15-8-11-18(21(5,6)7)14-19(15)16-9-12-17(13-10-16)20(2,3)4;1-9-5-4-7-11-10-6-2-3-8-12(10)14-13(9)11/h16-30,33-35H,31-32H2,1-15H3;8-14H,1-7H3;2-8H,1H3/b17-16+,41-30+,46-38+;;. The third kappa shape index (κ3) is 17.3. The topological polar surface area (TPSA) is 13.1 Å². The first-order valence-corrected chi connectivity index (χ1v) is 32.2. The Morgan fingerprint density at radius 2 is 0.885 bits per heavy atom. The predicted molar refractivity (Wildman–Crippen MR) is 386 cm³/mol. The number of rotatable bonds is 11. The fourth-order valence-corrected chi connectivity index (χ4v) is 11.6. The first-order chi connectivity index (χ1) is 40.6. The van der Waals surface area contributed by atoms with Crippen LogP contribution in [0, 0.1) is 27.7 Å². The lowest BCUT2D eigenvalue weighted by Gasteiger charge is -2.29. The number of fused-ring (bicyclic) bond motifs is 3. The maximum absolute atomic E-state index is 5.78. The zero-order valence-corrected chi connectivity index (χ0v) is 57.9. The summed E-state index contributed by atoms with van der Waals surface area (Å²) in [7, 11) is 0. The second-order valence-corrected chi connectivity index (χ2v) is 30.4. The van der Waals surface area contributed by atoms with Crippen molar-refractivity contribution in [3.63, 3.8) is 0 Å². The van der Waals surface area contributed by atoms with Gasteiger partial charge in [0.05, 0.1) is 0 Å². The first kappa shape index (κ1) is 67.4. The largest absolute Gasteiger partial charge is 0.456 e. The molecule has 8 aromatic carbocycles.